The Bertz CT molecular complexity index is 523. The van der Waals surface area contributed by atoms with Crippen molar-refractivity contribution in [2.24, 2.45) is 0 Å². The summed E-state index contributed by atoms with van der Waals surface area (Å²) in [5, 5.41) is 14.2. The first-order valence-corrected chi connectivity index (χ1v) is 6.21. The number of hydrogen-bond donors (Lipinski definition) is 2. The van der Waals surface area contributed by atoms with Gasteiger partial charge in [0.1, 0.15) is 6.54 Å². The Kier molecular flexibility index (Phi) is 4.03. The maximum atomic E-state index is 12.2. The molecule has 0 amide bonds. The molecule has 0 bridgehead atoms. The van der Waals surface area contributed by atoms with E-state index in [2.05, 4.69) is 10.2 Å². The number of aryl methyl sites for hydroxylation is 1. The second-order valence-corrected chi connectivity index (χ2v) is 5.63. The van der Waals surface area contributed by atoms with E-state index >= 15 is 0 Å². The second kappa shape index (κ2) is 4.86. The number of nitrogens with one attached hydrogen (secondary N) is 1. The average molecular weight is 287 g/mol. The zero-order valence-electron chi connectivity index (χ0n) is 9.61. The first-order valence-electron chi connectivity index (χ1n) is 4.77. The Labute approximate surface area is 101 Å². The highest BCUT2D eigenvalue weighted by atomic mass is 32.2. The molecule has 1 heterocycles. The Hall–Kier alpha value is -1.13. The number of sulfonamides is 1. The zero-order valence-corrected chi connectivity index (χ0v) is 10.4. The van der Waals surface area contributed by atoms with E-state index in [9.17, 15) is 21.6 Å². The van der Waals surface area contributed by atoms with Crippen molar-refractivity contribution in [1.29, 1.82) is 0 Å². The molecule has 0 radical (unpaired) electrons. The van der Waals surface area contributed by atoms with Gasteiger partial charge in [0.2, 0.25) is 0 Å². The number of aromatic amines is 1. The van der Waals surface area contributed by atoms with Crippen molar-refractivity contribution < 1.29 is 26.7 Å². The fourth-order valence-corrected chi connectivity index (χ4v) is 2.62. The van der Waals surface area contributed by atoms with Crippen molar-refractivity contribution in [2.45, 2.75) is 24.7 Å². The number of H-pyrrole nitrogens is 1. The van der Waals surface area contributed by atoms with E-state index in [-0.39, 0.29) is 15.6 Å². The topological polar surface area (TPSA) is 86.3 Å². The van der Waals surface area contributed by atoms with E-state index < -0.39 is 34.4 Å². The molecule has 1 rings (SSSR count). The van der Waals surface area contributed by atoms with E-state index in [1.54, 1.807) is 0 Å². The molecule has 10 heteroatoms. The molecule has 0 saturated heterocycles. The molecular formula is C8H12F3N3O3S. The molecule has 6 nitrogen and oxygen atoms in total. The molecule has 0 spiro atoms. The van der Waals surface area contributed by atoms with Crippen LogP contribution in [-0.4, -0.2) is 47.8 Å². The van der Waals surface area contributed by atoms with Crippen LogP contribution in [0, 0.1) is 6.92 Å². The molecule has 0 atom stereocenters. The summed E-state index contributed by atoms with van der Waals surface area (Å²) in [4.78, 5) is 0. The summed E-state index contributed by atoms with van der Waals surface area (Å²) in [6.07, 6.45) is -4.65. The Balaban J connectivity index is 3.14. The maximum absolute atomic E-state index is 12.2. The molecule has 1 aromatic rings. The summed E-state index contributed by atoms with van der Waals surface area (Å²) in [7, 11) is -3.58. The lowest BCUT2D eigenvalue weighted by atomic mass is 10.3. The Morgan fingerprint density at radius 3 is 2.44 bits per heavy atom. The average Bonchev–Trinajstić information content (AvgIpc) is 2.57. The van der Waals surface area contributed by atoms with E-state index in [1.807, 2.05) is 0 Å². The number of hydrogen-bond acceptors (Lipinski definition) is 4. The Morgan fingerprint density at radius 1 is 1.44 bits per heavy atom. The van der Waals surface area contributed by atoms with Crippen LogP contribution in [0.5, 0.6) is 0 Å². The maximum Gasteiger partial charge on any atom is 0.402 e. The third-order valence-corrected chi connectivity index (χ3v) is 4.03. The van der Waals surface area contributed by atoms with E-state index in [1.165, 1.54) is 6.92 Å². The highest BCUT2D eigenvalue weighted by molar-refractivity contribution is 7.89. The smallest absolute Gasteiger partial charge is 0.392 e. The highest BCUT2D eigenvalue weighted by Crippen LogP contribution is 2.23. The van der Waals surface area contributed by atoms with Gasteiger partial charge in [-0.1, -0.05) is 0 Å². The van der Waals surface area contributed by atoms with Crippen molar-refractivity contribution in [3.63, 3.8) is 0 Å². The van der Waals surface area contributed by atoms with Crippen molar-refractivity contribution in [3.8, 4) is 0 Å². The van der Waals surface area contributed by atoms with E-state index in [0.717, 1.165) is 7.05 Å². The fraction of sp³-hybridized carbons (Fsp3) is 0.625. The van der Waals surface area contributed by atoms with Crippen molar-refractivity contribution >= 4 is 10.0 Å². The number of rotatable bonds is 4. The standard InChI is InChI=1S/C8H12F3N3O3S/c1-5-6(3-15)7(13-12-5)18(16,17)14(2)4-8(9,10)11/h15H,3-4H2,1-2H3,(H,12,13). The van der Waals surface area contributed by atoms with Gasteiger partial charge in [-0.25, -0.2) is 8.42 Å². The first-order chi connectivity index (χ1) is 8.09. The molecule has 0 aliphatic heterocycles. The predicted octanol–water partition coefficient (Wildman–Crippen LogP) is 0.393. The molecule has 104 valence electrons. The minimum absolute atomic E-state index is 0.0379. The molecule has 0 unspecified atom stereocenters. The molecule has 0 aliphatic rings. The van der Waals surface area contributed by atoms with Gasteiger partial charge in [0.25, 0.3) is 10.0 Å². The molecule has 2 N–H and O–H groups in total. The van der Waals surface area contributed by atoms with Crippen molar-refractivity contribution in [3.05, 3.63) is 11.3 Å². The van der Waals surface area contributed by atoms with Gasteiger partial charge in [-0.05, 0) is 6.92 Å². The lowest BCUT2D eigenvalue weighted by Crippen LogP contribution is -2.36. The second-order valence-electron chi connectivity index (χ2n) is 3.67. The minimum atomic E-state index is -4.65. The van der Waals surface area contributed by atoms with Crippen molar-refractivity contribution in [2.75, 3.05) is 13.6 Å². The van der Waals surface area contributed by atoms with Crippen LogP contribution >= 0.6 is 0 Å². The van der Waals surface area contributed by atoms with E-state index in [0.29, 0.717) is 0 Å². The van der Waals surface area contributed by atoms with Crippen molar-refractivity contribution in [1.82, 2.24) is 14.5 Å². The number of halogens is 3. The van der Waals surface area contributed by atoms with Gasteiger partial charge in [-0.2, -0.15) is 22.6 Å². The fourth-order valence-electron chi connectivity index (χ4n) is 1.31. The van der Waals surface area contributed by atoms with Gasteiger partial charge in [0, 0.05) is 18.3 Å². The number of aliphatic hydroxyl groups is 1. The predicted molar refractivity (Wildman–Crippen MR) is 55.1 cm³/mol. The molecule has 0 aliphatic carbocycles. The van der Waals surface area contributed by atoms with Crippen LogP contribution in [0.3, 0.4) is 0 Å². The monoisotopic (exact) mass is 287 g/mol. The quantitative estimate of drug-likeness (QED) is 0.839. The van der Waals surface area contributed by atoms with E-state index in [4.69, 9.17) is 5.11 Å². The normalized spacial score (nSPS) is 13.3. The number of nitrogens with zero attached hydrogens (tertiary/aromatic N) is 2. The molecule has 0 aromatic carbocycles. The summed E-state index contributed by atoms with van der Waals surface area (Å²) in [5.41, 5.74) is 0.250. The molecule has 1 aromatic heterocycles. The lowest BCUT2D eigenvalue weighted by molar-refractivity contribution is -0.134. The van der Waals surface area contributed by atoms with Gasteiger partial charge >= 0.3 is 6.18 Å². The third-order valence-electron chi connectivity index (χ3n) is 2.25. The zero-order chi connectivity index (χ0) is 14.1. The number of alkyl halides is 3. The Morgan fingerprint density at radius 2 is 2.00 bits per heavy atom. The highest BCUT2D eigenvalue weighted by Gasteiger charge is 2.36. The lowest BCUT2D eigenvalue weighted by Gasteiger charge is -2.17. The summed E-state index contributed by atoms with van der Waals surface area (Å²) in [6, 6.07) is 0. The molecular weight excluding hydrogens is 275 g/mol. The van der Waals surface area contributed by atoms with Gasteiger partial charge in [-0.3, -0.25) is 5.10 Å². The molecule has 0 saturated carbocycles. The summed E-state index contributed by atoms with van der Waals surface area (Å²) in [5.74, 6) is 0. The summed E-state index contributed by atoms with van der Waals surface area (Å²) >= 11 is 0. The van der Waals surface area contributed by atoms with Crippen LogP contribution in [0.15, 0.2) is 5.03 Å². The van der Waals surface area contributed by atoms with Gasteiger partial charge in [0.05, 0.1) is 6.61 Å². The van der Waals surface area contributed by atoms with Crippen LogP contribution in [-0.2, 0) is 16.6 Å². The first kappa shape index (κ1) is 14.9. The van der Waals surface area contributed by atoms with Crippen LogP contribution in [0.25, 0.3) is 0 Å². The SMILES string of the molecule is Cc1[nH]nc(S(=O)(=O)N(C)CC(F)(F)F)c1CO. The summed E-state index contributed by atoms with van der Waals surface area (Å²) in [6.45, 7) is -0.788. The largest absolute Gasteiger partial charge is 0.402 e. The van der Waals surface area contributed by atoms with Gasteiger partial charge < -0.3 is 5.11 Å². The minimum Gasteiger partial charge on any atom is -0.392 e. The third kappa shape index (κ3) is 3.00. The van der Waals surface area contributed by atoms with Gasteiger partial charge in [0.15, 0.2) is 5.03 Å². The summed E-state index contributed by atoms with van der Waals surface area (Å²) < 4.78 is 60.3. The van der Waals surface area contributed by atoms with Gasteiger partial charge in [-0.15, -0.1) is 0 Å². The number of aliphatic hydroxyl groups excluding tert-OH is 1. The van der Waals surface area contributed by atoms with Crippen LogP contribution < -0.4 is 0 Å². The van der Waals surface area contributed by atoms with Crippen LogP contribution in [0.1, 0.15) is 11.3 Å². The van der Waals surface area contributed by atoms with Crippen LogP contribution in [0.2, 0.25) is 0 Å². The molecule has 0 fully saturated rings. The number of aromatic nitrogens is 2. The van der Waals surface area contributed by atoms with Crippen LogP contribution in [0.4, 0.5) is 13.2 Å². The molecule has 18 heavy (non-hydrogen) atoms.